The molecule has 2 rings (SSSR count). The van der Waals surface area contributed by atoms with Crippen LogP contribution < -0.4 is 0 Å². The van der Waals surface area contributed by atoms with Gasteiger partial charge in [-0.3, -0.25) is 0 Å². The fourth-order valence-electron chi connectivity index (χ4n) is 2.17. The minimum absolute atomic E-state index is 0.0352. The van der Waals surface area contributed by atoms with E-state index in [9.17, 15) is 12.8 Å². The third-order valence-electron chi connectivity index (χ3n) is 3.42. The van der Waals surface area contributed by atoms with E-state index in [2.05, 4.69) is 0 Å². The Hall–Kier alpha value is -0.0100. The predicted molar refractivity (Wildman–Crippen MR) is 86.3 cm³/mol. The van der Waals surface area contributed by atoms with Crippen molar-refractivity contribution in [2.45, 2.75) is 29.4 Å². The molecule has 1 saturated heterocycles. The maximum Gasteiger partial charge on any atom is 0.243 e. The molecule has 0 radical (unpaired) electrons. The van der Waals surface area contributed by atoms with Gasteiger partial charge in [-0.15, -0.1) is 11.6 Å². The molecule has 0 bridgehead atoms. The average molecular weight is 372 g/mol. The van der Waals surface area contributed by atoms with Crippen molar-refractivity contribution in [1.82, 2.24) is 4.31 Å². The number of hydrogen-bond acceptors (Lipinski definition) is 3. The summed E-state index contributed by atoms with van der Waals surface area (Å²) >= 11 is 13.2. The molecule has 21 heavy (non-hydrogen) atoms. The lowest BCUT2D eigenvalue weighted by molar-refractivity contribution is 0.415. The van der Waals surface area contributed by atoms with Crippen LogP contribution in [-0.2, 0) is 15.9 Å². The van der Waals surface area contributed by atoms with Crippen molar-refractivity contribution in [3.05, 3.63) is 28.5 Å². The predicted octanol–water partition coefficient (Wildman–Crippen LogP) is 3.73. The Labute approximate surface area is 138 Å². The Morgan fingerprint density at radius 2 is 2.19 bits per heavy atom. The number of rotatable bonds is 4. The maximum absolute atomic E-state index is 13.8. The molecule has 0 spiro atoms. The molecule has 1 atom stereocenters. The van der Waals surface area contributed by atoms with E-state index < -0.39 is 15.8 Å². The van der Waals surface area contributed by atoms with Gasteiger partial charge in [0.05, 0.1) is 9.92 Å². The maximum atomic E-state index is 13.8. The monoisotopic (exact) mass is 371 g/mol. The summed E-state index contributed by atoms with van der Waals surface area (Å²) in [6.07, 6.45) is 0.901. The molecule has 1 heterocycles. The lowest BCUT2D eigenvalue weighted by atomic mass is 10.2. The van der Waals surface area contributed by atoms with Gasteiger partial charge >= 0.3 is 0 Å². The summed E-state index contributed by atoms with van der Waals surface area (Å²) in [5, 5.41) is 0.155. The molecule has 0 N–H and O–H groups in total. The molecule has 0 amide bonds. The van der Waals surface area contributed by atoms with Crippen LogP contribution in [-0.4, -0.2) is 36.8 Å². The standard InChI is InChI=1S/C13H16Cl2FNO2S2/c1-2-10-8-17(3-4-20-10)21(18,19)11-5-9(7-14)13(15)12(16)6-11/h5-6,10H,2-4,7-8H2,1H3. The highest BCUT2D eigenvalue weighted by Crippen LogP contribution is 2.30. The zero-order chi connectivity index (χ0) is 15.6. The molecule has 1 fully saturated rings. The van der Waals surface area contributed by atoms with Gasteiger partial charge in [-0.25, -0.2) is 12.8 Å². The van der Waals surface area contributed by atoms with Crippen LogP contribution in [0.15, 0.2) is 17.0 Å². The Balaban J connectivity index is 2.37. The first kappa shape index (κ1) is 17.3. The van der Waals surface area contributed by atoms with Gasteiger partial charge in [0, 0.05) is 30.0 Å². The van der Waals surface area contributed by atoms with Gasteiger partial charge in [0.15, 0.2) is 0 Å². The Morgan fingerprint density at radius 3 is 2.81 bits per heavy atom. The van der Waals surface area contributed by atoms with Crippen LogP contribution in [0, 0.1) is 5.82 Å². The normalized spacial score (nSPS) is 20.7. The second-order valence-electron chi connectivity index (χ2n) is 4.78. The fourth-order valence-corrected chi connectivity index (χ4v) is 5.57. The SMILES string of the molecule is CCC1CN(S(=O)(=O)c2cc(F)c(Cl)c(CCl)c2)CCS1. The van der Waals surface area contributed by atoms with Gasteiger partial charge in [-0.1, -0.05) is 18.5 Å². The lowest BCUT2D eigenvalue weighted by Gasteiger charge is -2.31. The Morgan fingerprint density at radius 1 is 1.48 bits per heavy atom. The average Bonchev–Trinajstić information content (AvgIpc) is 2.49. The number of halogens is 3. The minimum Gasteiger partial charge on any atom is -0.207 e. The molecule has 1 aromatic carbocycles. The second kappa shape index (κ2) is 7.04. The van der Waals surface area contributed by atoms with E-state index >= 15 is 0 Å². The molecule has 1 aliphatic heterocycles. The smallest absolute Gasteiger partial charge is 0.207 e. The summed E-state index contributed by atoms with van der Waals surface area (Å²) in [5.74, 6) is -0.0465. The van der Waals surface area contributed by atoms with E-state index in [4.69, 9.17) is 23.2 Å². The van der Waals surface area contributed by atoms with Crippen LogP contribution in [0.25, 0.3) is 0 Å². The molecule has 0 aromatic heterocycles. The van der Waals surface area contributed by atoms with Crippen LogP contribution in [0.3, 0.4) is 0 Å². The summed E-state index contributed by atoms with van der Waals surface area (Å²) in [5.41, 5.74) is 0.287. The highest BCUT2D eigenvalue weighted by Gasteiger charge is 2.31. The minimum atomic E-state index is -3.71. The van der Waals surface area contributed by atoms with Gasteiger partial charge in [0.1, 0.15) is 5.82 Å². The summed E-state index contributed by atoms with van der Waals surface area (Å²) in [6, 6.07) is 2.33. The summed E-state index contributed by atoms with van der Waals surface area (Å²) in [4.78, 5) is -0.0817. The Kier molecular flexibility index (Phi) is 5.82. The van der Waals surface area contributed by atoms with Crippen molar-refractivity contribution >= 4 is 45.0 Å². The van der Waals surface area contributed by atoms with Crippen molar-refractivity contribution in [3.63, 3.8) is 0 Å². The zero-order valence-corrected chi connectivity index (χ0v) is 14.6. The molecule has 8 heteroatoms. The molecular formula is C13H16Cl2FNO2S2. The van der Waals surface area contributed by atoms with Gasteiger partial charge in [0.25, 0.3) is 0 Å². The number of thioether (sulfide) groups is 1. The topological polar surface area (TPSA) is 37.4 Å². The van der Waals surface area contributed by atoms with Gasteiger partial charge in [-0.2, -0.15) is 16.1 Å². The lowest BCUT2D eigenvalue weighted by Crippen LogP contribution is -2.41. The van der Waals surface area contributed by atoms with Crippen LogP contribution in [0.2, 0.25) is 5.02 Å². The first-order chi connectivity index (χ1) is 9.90. The summed E-state index contributed by atoms with van der Waals surface area (Å²) < 4.78 is 40.5. The first-order valence-electron chi connectivity index (χ1n) is 6.55. The third kappa shape index (κ3) is 3.67. The molecule has 3 nitrogen and oxygen atoms in total. The number of alkyl halides is 1. The quantitative estimate of drug-likeness (QED) is 0.756. The number of hydrogen-bond donors (Lipinski definition) is 0. The van der Waals surface area contributed by atoms with Crippen molar-refractivity contribution in [3.8, 4) is 0 Å². The molecular weight excluding hydrogens is 356 g/mol. The fraction of sp³-hybridized carbons (Fsp3) is 0.538. The molecule has 0 aliphatic carbocycles. The van der Waals surface area contributed by atoms with Crippen LogP contribution in [0.1, 0.15) is 18.9 Å². The highest BCUT2D eigenvalue weighted by molar-refractivity contribution is 8.00. The van der Waals surface area contributed by atoms with E-state index in [1.807, 2.05) is 6.92 Å². The van der Waals surface area contributed by atoms with Crippen LogP contribution in [0.4, 0.5) is 4.39 Å². The van der Waals surface area contributed by atoms with Gasteiger partial charge < -0.3 is 0 Å². The summed E-state index contributed by atoms with van der Waals surface area (Å²) in [7, 11) is -3.71. The molecule has 1 unspecified atom stereocenters. The highest BCUT2D eigenvalue weighted by atomic mass is 35.5. The van der Waals surface area contributed by atoms with E-state index in [0.717, 1.165) is 18.2 Å². The largest absolute Gasteiger partial charge is 0.243 e. The van der Waals surface area contributed by atoms with Gasteiger partial charge in [-0.05, 0) is 24.1 Å². The third-order valence-corrected chi connectivity index (χ3v) is 7.34. The summed E-state index contributed by atoms with van der Waals surface area (Å²) in [6.45, 7) is 2.91. The molecule has 118 valence electrons. The van der Waals surface area contributed by atoms with Gasteiger partial charge in [0.2, 0.25) is 10.0 Å². The number of benzene rings is 1. The van der Waals surface area contributed by atoms with E-state index in [1.54, 1.807) is 11.8 Å². The first-order valence-corrected chi connectivity index (χ1v) is 9.96. The van der Waals surface area contributed by atoms with Crippen molar-refractivity contribution < 1.29 is 12.8 Å². The van der Waals surface area contributed by atoms with E-state index in [1.165, 1.54) is 10.4 Å². The Bertz CT molecular complexity index is 625. The zero-order valence-electron chi connectivity index (χ0n) is 11.5. The molecule has 0 saturated carbocycles. The van der Waals surface area contributed by atoms with E-state index in [-0.39, 0.29) is 26.6 Å². The van der Waals surface area contributed by atoms with Crippen LogP contribution >= 0.6 is 35.0 Å². The van der Waals surface area contributed by atoms with E-state index in [0.29, 0.717) is 13.1 Å². The molecule has 1 aliphatic rings. The number of nitrogens with zero attached hydrogens (tertiary/aromatic N) is 1. The van der Waals surface area contributed by atoms with Crippen molar-refractivity contribution in [2.24, 2.45) is 0 Å². The van der Waals surface area contributed by atoms with Crippen LogP contribution in [0.5, 0.6) is 0 Å². The van der Waals surface area contributed by atoms with Crippen molar-refractivity contribution in [2.75, 3.05) is 18.8 Å². The second-order valence-corrected chi connectivity index (χ2v) is 8.77. The van der Waals surface area contributed by atoms with Crippen molar-refractivity contribution in [1.29, 1.82) is 0 Å². The molecule has 1 aromatic rings. The number of sulfonamides is 1.